The van der Waals surface area contributed by atoms with Gasteiger partial charge in [0.2, 0.25) is 5.84 Å². The van der Waals surface area contributed by atoms with Crippen molar-refractivity contribution in [2.45, 2.75) is 6.92 Å². The number of amides is 2. The van der Waals surface area contributed by atoms with Gasteiger partial charge in [-0.2, -0.15) is 0 Å². The number of aromatic amines is 1. The highest BCUT2D eigenvalue weighted by atomic mass is 16.3. The van der Waals surface area contributed by atoms with Crippen LogP contribution in [0.25, 0.3) is 17.0 Å². The zero-order valence-corrected chi connectivity index (χ0v) is 26.3. The summed E-state index contributed by atoms with van der Waals surface area (Å²) < 4.78 is 0. The summed E-state index contributed by atoms with van der Waals surface area (Å²) in [5.74, 6) is -0.377. The number of fused-ring (bicyclic) bond motifs is 1. The van der Waals surface area contributed by atoms with Gasteiger partial charge in [0, 0.05) is 33.8 Å². The van der Waals surface area contributed by atoms with Crippen LogP contribution < -0.4 is 10.3 Å². The largest absolute Gasteiger partial charge is 0.507 e. The van der Waals surface area contributed by atoms with Gasteiger partial charge in [-0.25, -0.2) is 10.4 Å². The monoisotopic (exact) mass is 643 g/mol. The predicted octanol–water partition coefficient (Wildman–Crippen LogP) is 7.89. The Hall–Kier alpha value is -6.94. The molecule has 2 heterocycles. The van der Waals surface area contributed by atoms with Crippen LogP contribution in [0.2, 0.25) is 0 Å². The van der Waals surface area contributed by atoms with Gasteiger partial charge < -0.3 is 10.1 Å². The molecule has 2 amide bonds. The SMILES string of the molecule is Cc1ccccc1N=NC(=NNC(=O)c1ccc(N2C(=O)C(=Cc3c[nH]c4ccccc34)N=C2c2ccccc2)cc1)c1ccccc1O. The van der Waals surface area contributed by atoms with Crippen molar-refractivity contribution in [3.05, 3.63) is 167 Å². The number of phenols is 1. The van der Waals surface area contributed by atoms with Gasteiger partial charge in [0.15, 0.2) is 0 Å². The van der Waals surface area contributed by atoms with Crippen LogP contribution in [-0.4, -0.2) is 33.6 Å². The number of carbonyl (C=O) groups excluding carboxylic acids is 2. The van der Waals surface area contributed by atoms with E-state index in [1.54, 1.807) is 48.5 Å². The lowest BCUT2D eigenvalue weighted by atomic mass is 10.1. The molecule has 0 radical (unpaired) electrons. The Morgan fingerprint density at radius 3 is 2.37 bits per heavy atom. The number of aryl methyl sites for hydroxylation is 1. The molecule has 0 fully saturated rings. The molecule has 0 spiro atoms. The molecule has 1 aliphatic heterocycles. The van der Waals surface area contributed by atoms with E-state index in [2.05, 4.69) is 25.7 Å². The third kappa shape index (κ3) is 6.38. The van der Waals surface area contributed by atoms with Crippen LogP contribution in [0, 0.1) is 6.92 Å². The molecule has 10 nitrogen and oxygen atoms in total. The first-order chi connectivity index (χ1) is 24.0. The highest BCUT2D eigenvalue weighted by Crippen LogP contribution is 2.30. The second-order valence-corrected chi connectivity index (χ2v) is 11.2. The van der Waals surface area contributed by atoms with Gasteiger partial charge in [-0.05, 0) is 67.1 Å². The first kappa shape index (κ1) is 30.7. The number of aromatic nitrogens is 1. The smallest absolute Gasteiger partial charge is 0.282 e. The standard InChI is InChI=1S/C39H29N7O3/c1-25-11-5-8-16-32(25)42-43-36(31-15-7-10-18-35(31)47)44-45-38(48)27-19-21-29(22-20-27)46-37(26-12-3-2-4-13-26)41-34(39(46)49)23-28-24-40-33-17-9-6-14-30(28)33/h2-24,40,47H,1H3,(H,45,48). The second kappa shape index (κ2) is 13.4. The van der Waals surface area contributed by atoms with Crippen molar-refractivity contribution in [2.75, 3.05) is 4.90 Å². The molecule has 7 rings (SSSR count). The van der Waals surface area contributed by atoms with Crippen molar-refractivity contribution in [1.82, 2.24) is 10.4 Å². The lowest BCUT2D eigenvalue weighted by Crippen LogP contribution is -2.32. The fraction of sp³-hybridized carbons (Fsp3) is 0.0256. The molecule has 49 heavy (non-hydrogen) atoms. The van der Waals surface area contributed by atoms with Gasteiger partial charge >= 0.3 is 0 Å². The number of amidine groups is 2. The van der Waals surface area contributed by atoms with E-state index >= 15 is 0 Å². The molecular weight excluding hydrogens is 614 g/mol. The van der Waals surface area contributed by atoms with Crippen LogP contribution in [0.5, 0.6) is 5.75 Å². The number of benzene rings is 5. The Kier molecular flexibility index (Phi) is 8.41. The Morgan fingerprint density at radius 2 is 1.57 bits per heavy atom. The van der Waals surface area contributed by atoms with E-state index in [-0.39, 0.29) is 23.2 Å². The third-order valence-corrected chi connectivity index (χ3v) is 7.97. The van der Waals surface area contributed by atoms with E-state index in [4.69, 9.17) is 4.99 Å². The number of hydrogen-bond acceptors (Lipinski definition) is 6. The summed E-state index contributed by atoms with van der Waals surface area (Å²) in [6.07, 6.45) is 3.64. The molecule has 3 N–H and O–H groups in total. The van der Waals surface area contributed by atoms with Crippen molar-refractivity contribution in [1.29, 1.82) is 0 Å². The molecule has 0 atom stereocenters. The minimum absolute atomic E-state index is 0.0206. The van der Waals surface area contributed by atoms with Crippen molar-refractivity contribution >= 4 is 51.8 Å². The highest BCUT2D eigenvalue weighted by Gasteiger charge is 2.32. The number of rotatable bonds is 7. The van der Waals surface area contributed by atoms with Gasteiger partial charge in [-0.3, -0.25) is 14.5 Å². The Bertz CT molecular complexity index is 2320. The average Bonchev–Trinajstić information content (AvgIpc) is 3.70. The summed E-state index contributed by atoms with van der Waals surface area (Å²) in [7, 11) is 0. The van der Waals surface area contributed by atoms with Gasteiger partial charge in [0.05, 0.1) is 16.9 Å². The van der Waals surface area contributed by atoms with Crippen LogP contribution in [0.15, 0.2) is 160 Å². The van der Waals surface area contributed by atoms with E-state index in [9.17, 15) is 14.7 Å². The van der Waals surface area contributed by atoms with Gasteiger partial charge in [-0.15, -0.1) is 15.3 Å². The Morgan fingerprint density at radius 1 is 0.857 bits per heavy atom. The van der Waals surface area contributed by atoms with Crippen molar-refractivity contribution in [3.63, 3.8) is 0 Å². The van der Waals surface area contributed by atoms with Gasteiger partial charge in [0.1, 0.15) is 17.3 Å². The third-order valence-electron chi connectivity index (χ3n) is 7.97. The summed E-state index contributed by atoms with van der Waals surface area (Å²) >= 11 is 0. The zero-order chi connectivity index (χ0) is 33.7. The van der Waals surface area contributed by atoms with Gasteiger partial charge in [0.25, 0.3) is 11.8 Å². The maximum atomic E-state index is 13.9. The normalized spacial score (nSPS) is 14.2. The number of hydrazone groups is 1. The Labute approximate surface area is 281 Å². The highest BCUT2D eigenvalue weighted by molar-refractivity contribution is 6.33. The minimum atomic E-state index is -0.518. The molecule has 5 aromatic carbocycles. The molecule has 10 heteroatoms. The number of nitrogens with zero attached hydrogens (tertiary/aromatic N) is 5. The summed E-state index contributed by atoms with van der Waals surface area (Å²) in [6.45, 7) is 1.90. The van der Waals surface area contributed by atoms with Crippen LogP contribution in [-0.2, 0) is 4.79 Å². The molecule has 1 aliphatic rings. The molecule has 1 aromatic heterocycles. The number of carbonyl (C=O) groups is 2. The topological polar surface area (TPSA) is 135 Å². The summed E-state index contributed by atoms with van der Waals surface area (Å²) in [5.41, 5.74) is 8.06. The zero-order valence-electron chi connectivity index (χ0n) is 26.3. The number of para-hydroxylation sites is 2. The molecule has 0 saturated carbocycles. The summed E-state index contributed by atoms with van der Waals surface area (Å²) in [6, 6.07) is 37.9. The summed E-state index contributed by atoms with van der Waals surface area (Å²) in [5, 5.41) is 24.2. The number of nitrogens with one attached hydrogen (secondary N) is 2. The molecule has 6 aromatic rings. The maximum absolute atomic E-state index is 13.9. The van der Waals surface area contributed by atoms with Crippen molar-refractivity contribution in [3.8, 4) is 5.75 Å². The van der Waals surface area contributed by atoms with E-state index in [0.717, 1.165) is 27.6 Å². The fourth-order valence-corrected chi connectivity index (χ4v) is 5.40. The van der Waals surface area contributed by atoms with Crippen molar-refractivity contribution in [2.24, 2.45) is 20.3 Å². The van der Waals surface area contributed by atoms with E-state index in [1.165, 1.54) is 11.0 Å². The Balaban J connectivity index is 1.16. The van der Waals surface area contributed by atoms with Crippen LogP contribution >= 0.6 is 0 Å². The number of H-pyrrole nitrogens is 1. The average molecular weight is 644 g/mol. The summed E-state index contributed by atoms with van der Waals surface area (Å²) in [4.78, 5) is 36.7. The maximum Gasteiger partial charge on any atom is 0.282 e. The second-order valence-electron chi connectivity index (χ2n) is 11.2. The molecule has 238 valence electrons. The quantitative estimate of drug-likeness (QED) is 0.0537. The first-order valence-electron chi connectivity index (χ1n) is 15.5. The first-order valence-corrected chi connectivity index (χ1v) is 15.5. The van der Waals surface area contributed by atoms with E-state index in [1.807, 2.05) is 92.0 Å². The fourth-order valence-electron chi connectivity index (χ4n) is 5.40. The number of aromatic hydroxyl groups is 1. The van der Waals surface area contributed by atoms with Crippen LogP contribution in [0.1, 0.15) is 32.6 Å². The lowest BCUT2D eigenvalue weighted by molar-refractivity contribution is -0.113. The minimum Gasteiger partial charge on any atom is -0.507 e. The molecular formula is C39H29N7O3. The number of azo groups is 1. The number of aliphatic imine (C=N–C) groups is 1. The number of anilines is 1. The molecule has 0 saturated heterocycles. The number of phenolic OH excluding ortho intramolecular Hbond substituents is 1. The lowest BCUT2D eigenvalue weighted by Gasteiger charge is -2.18. The van der Waals surface area contributed by atoms with E-state index in [0.29, 0.717) is 28.3 Å². The molecule has 0 bridgehead atoms. The van der Waals surface area contributed by atoms with Crippen LogP contribution in [0.3, 0.4) is 0 Å². The number of hydrogen-bond donors (Lipinski definition) is 3. The predicted molar refractivity (Wildman–Crippen MR) is 191 cm³/mol. The van der Waals surface area contributed by atoms with Crippen molar-refractivity contribution < 1.29 is 14.7 Å². The molecule has 0 aliphatic carbocycles. The van der Waals surface area contributed by atoms with Gasteiger partial charge in [-0.1, -0.05) is 78.9 Å². The van der Waals surface area contributed by atoms with Crippen LogP contribution in [0.4, 0.5) is 11.4 Å². The van der Waals surface area contributed by atoms with E-state index < -0.39 is 5.91 Å². The molecule has 0 unspecified atom stereocenters.